The molecule has 3 fully saturated rings. The minimum Gasteiger partial charge on any atom is -0.756 e. The average molecular weight is 643 g/mol. The van der Waals surface area contributed by atoms with E-state index in [1.165, 1.54) is 23.5 Å². The number of anilines is 2. The van der Waals surface area contributed by atoms with Crippen molar-refractivity contribution >= 4 is 52.1 Å². The van der Waals surface area contributed by atoms with Crippen molar-refractivity contribution in [3.63, 3.8) is 0 Å². The van der Waals surface area contributed by atoms with E-state index in [2.05, 4.69) is 34.6 Å². The molecule has 8 atom stereocenters. The maximum atomic E-state index is 15.8. The zero-order valence-corrected chi connectivity index (χ0v) is 23.3. The van der Waals surface area contributed by atoms with Gasteiger partial charge in [-0.1, -0.05) is 0 Å². The highest BCUT2D eigenvalue weighted by Gasteiger charge is 2.51. The first-order valence-corrected chi connectivity index (χ1v) is 15.5. The predicted octanol–water partition coefficient (Wildman–Crippen LogP) is -1.54. The molecule has 7 heterocycles. The summed E-state index contributed by atoms with van der Waals surface area (Å²) in [7, 11) is -9.74. The Balaban J connectivity index is 1.15. The summed E-state index contributed by atoms with van der Waals surface area (Å²) in [4.78, 5) is 37.0. The van der Waals surface area contributed by atoms with Gasteiger partial charge in [-0.15, -0.1) is 0 Å². The van der Waals surface area contributed by atoms with Gasteiger partial charge in [0.25, 0.3) is 7.82 Å². The fraction of sp³-hybridized carbons (Fsp3) is 0.500. The highest BCUT2D eigenvalue weighted by molar-refractivity contribution is 7.84. The molecule has 0 radical (unpaired) electrons. The maximum Gasteiger partial charge on any atom is 0.336 e. The quantitative estimate of drug-likeness (QED) is 0.209. The van der Waals surface area contributed by atoms with Gasteiger partial charge in [-0.3, -0.25) is 13.7 Å². The molecule has 1 unspecified atom stereocenters. The van der Waals surface area contributed by atoms with Crippen LogP contribution in [0.15, 0.2) is 25.3 Å². The summed E-state index contributed by atoms with van der Waals surface area (Å²) < 4.78 is 86.5. The van der Waals surface area contributed by atoms with Crippen LogP contribution >= 0.6 is 7.82 Å². The van der Waals surface area contributed by atoms with Crippen LogP contribution in [0.4, 0.5) is 16.0 Å². The minimum absolute atomic E-state index is 0.0214. The Labute approximate surface area is 240 Å². The zero-order chi connectivity index (χ0) is 30.1. The van der Waals surface area contributed by atoms with Gasteiger partial charge >= 0.3 is 10.3 Å². The van der Waals surface area contributed by atoms with E-state index < -0.39 is 74.3 Å². The molecule has 3 aliphatic rings. The first kappa shape index (κ1) is 28.3. The van der Waals surface area contributed by atoms with Gasteiger partial charge in [0.05, 0.1) is 25.4 Å². The number of nitrogens with zero attached hydrogens (tertiary/aromatic N) is 8. The molecule has 23 heteroatoms. The molecular weight excluding hydrogens is 620 g/mol. The molecule has 5 N–H and O–H groups in total. The summed E-state index contributed by atoms with van der Waals surface area (Å²) in [6.07, 6.45) is -5.48. The van der Waals surface area contributed by atoms with Crippen LogP contribution < -0.4 is 21.1 Å². The molecule has 4 aromatic heterocycles. The van der Waals surface area contributed by atoms with Crippen LogP contribution in [0.3, 0.4) is 0 Å². The molecule has 7 rings (SSSR count). The maximum absolute atomic E-state index is 15.8. The number of phosphoric ester groups is 1. The predicted molar refractivity (Wildman–Crippen MR) is 137 cm³/mol. The third-order valence-corrected chi connectivity index (χ3v) is 9.16. The smallest absolute Gasteiger partial charge is 0.336 e. The fourth-order valence-electron chi connectivity index (χ4n) is 5.19. The van der Waals surface area contributed by atoms with Crippen molar-refractivity contribution in [3.8, 4) is 0 Å². The van der Waals surface area contributed by atoms with Crippen LogP contribution in [0.25, 0.3) is 22.3 Å². The van der Waals surface area contributed by atoms with Crippen molar-refractivity contribution in [1.82, 2.24) is 43.8 Å². The van der Waals surface area contributed by atoms with Crippen molar-refractivity contribution in [1.29, 1.82) is 0 Å². The summed E-state index contributed by atoms with van der Waals surface area (Å²) in [5, 5.41) is 0. The second kappa shape index (κ2) is 10.3. The van der Waals surface area contributed by atoms with E-state index in [4.69, 9.17) is 34.2 Å². The second-order valence-corrected chi connectivity index (χ2v) is 12.5. The Morgan fingerprint density at radius 1 is 0.953 bits per heavy atom. The van der Waals surface area contributed by atoms with Gasteiger partial charge < -0.3 is 34.9 Å². The second-order valence-electron chi connectivity index (χ2n) is 9.79. The van der Waals surface area contributed by atoms with E-state index in [9.17, 15) is 17.9 Å². The Kier molecular flexibility index (Phi) is 6.79. The lowest BCUT2D eigenvalue weighted by Gasteiger charge is -2.30. The molecule has 43 heavy (non-hydrogen) atoms. The van der Waals surface area contributed by atoms with Gasteiger partial charge in [0.1, 0.15) is 48.2 Å². The fourth-order valence-corrected chi connectivity index (χ4v) is 7.10. The van der Waals surface area contributed by atoms with E-state index >= 15 is 4.39 Å². The number of rotatable bonds is 2. The van der Waals surface area contributed by atoms with Crippen molar-refractivity contribution < 1.29 is 45.0 Å². The molecule has 4 aromatic rings. The van der Waals surface area contributed by atoms with E-state index in [0.29, 0.717) is 5.65 Å². The SMILES string of the molecule is Nc1ncnc2c1ncn2[C@@H]1O[C@@H]2COP(=O)([O-])O[C@H]3C[C@H](n4cnc5c(N)ncnc54)O[C@@H]3CNS(=O)(=O)O[C@H]2[C@H]1F. The van der Waals surface area contributed by atoms with Crippen LogP contribution in [-0.4, -0.2) is 91.2 Å². The molecule has 3 aliphatic heterocycles. The van der Waals surface area contributed by atoms with Gasteiger partial charge in [-0.2, -0.15) is 13.1 Å². The number of nitrogen functional groups attached to an aromatic ring is 2. The molecule has 0 saturated carbocycles. The van der Waals surface area contributed by atoms with Crippen molar-refractivity contribution in [3.05, 3.63) is 25.3 Å². The minimum atomic E-state index is -5.09. The molecular formula is C20H22FN11O9PS-. The Bertz CT molecular complexity index is 1860. The van der Waals surface area contributed by atoms with Gasteiger partial charge in [-0.25, -0.2) is 38.5 Å². The number of alkyl halides is 1. The molecule has 0 bridgehead atoms. The van der Waals surface area contributed by atoms with Gasteiger partial charge in [-0.05, 0) is 0 Å². The van der Waals surface area contributed by atoms with E-state index in [1.807, 2.05) is 0 Å². The Hall–Kier alpha value is -3.47. The molecule has 0 aliphatic carbocycles. The standard InChI is InChI=1S/C20H23FN11O9PS/c21-12-15-10(39-20(12)32-7-29-14-17(23)25-5-27-19(14)32)3-37-42(33,34)40-8-1-11(38-9(8)2-30-43(35,36)41-15)31-6-28-13-16(22)24-4-26-18(13)31/h4-12,15,20,30H,1-3H2,(H,33,34)(H2,22,24,26)(H2,23,25,27)/p-1/t8-,9+,10+,11+,12+,15+,20+/m0/s1. The number of aromatic nitrogens is 8. The highest BCUT2D eigenvalue weighted by atomic mass is 32.2. The Morgan fingerprint density at radius 2 is 1.60 bits per heavy atom. The lowest BCUT2D eigenvalue weighted by Crippen LogP contribution is -2.44. The highest BCUT2D eigenvalue weighted by Crippen LogP contribution is 2.47. The molecule has 0 aromatic carbocycles. The number of ether oxygens (including phenoxy) is 2. The third-order valence-electron chi connectivity index (χ3n) is 7.17. The van der Waals surface area contributed by atoms with Crippen LogP contribution in [0, 0.1) is 0 Å². The molecule has 0 spiro atoms. The number of halogens is 1. The number of fused-ring (bicyclic) bond motifs is 4. The Morgan fingerprint density at radius 3 is 2.30 bits per heavy atom. The van der Waals surface area contributed by atoms with E-state index in [1.54, 1.807) is 0 Å². The van der Waals surface area contributed by atoms with Crippen LogP contribution in [0.5, 0.6) is 0 Å². The number of nitrogens with one attached hydrogen (secondary N) is 1. The van der Waals surface area contributed by atoms with Gasteiger partial charge in [0.2, 0.25) is 0 Å². The van der Waals surface area contributed by atoms with Crippen molar-refractivity contribution in [2.24, 2.45) is 0 Å². The van der Waals surface area contributed by atoms with Crippen LogP contribution in [0.2, 0.25) is 0 Å². The van der Waals surface area contributed by atoms with Gasteiger partial charge in [0.15, 0.2) is 35.3 Å². The lowest BCUT2D eigenvalue weighted by atomic mass is 10.1. The number of imidazole rings is 2. The average Bonchev–Trinajstić information content (AvgIpc) is 3.72. The van der Waals surface area contributed by atoms with Crippen LogP contribution in [-0.2, 0) is 37.6 Å². The number of nitrogens with two attached hydrogens (primary N) is 2. The molecule has 230 valence electrons. The van der Waals surface area contributed by atoms with E-state index in [-0.39, 0.29) is 34.7 Å². The molecule has 0 amide bonds. The molecule has 3 saturated heterocycles. The normalized spacial score (nSPS) is 34.9. The first-order valence-electron chi connectivity index (χ1n) is 12.6. The molecule has 20 nitrogen and oxygen atoms in total. The van der Waals surface area contributed by atoms with Gasteiger partial charge in [0, 0.05) is 13.0 Å². The summed E-state index contributed by atoms with van der Waals surface area (Å²) in [5.41, 5.74) is 12.5. The summed E-state index contributed by atoms with van der Waals surface area (Å²) in [5.74, 6) is 0.139. The summed E-state index contributed by atoms with van der Waals surface area (Å²) >= 11 is 0. The topological polar surface area (TPSA) is 272 Å². The van der Waals surface area contributed by atoms with Crippen LogP contribution in [0.1, 0.15) is 18.9 Å². The lowest BCUT2D eigenvalue weighted by molar-refractivity contribution is -0.233. The summed E-state index contributed by atoms with van der Waals surface area (Å²) in [6.45, 7) is -1.35. The third kappa shape index (κ3) is 5.09. The van der Waals surface area contributed by atoms with E-state index in [0.717, 1.165) is 10.9 Å². The zero-order valence-electron chi connectivity index (χ0n) is 21.6. The number of phosphoric acid groups is 1. The summed E-state index contributed by atoms with van der Waals surface area (Å²) in [6, 6.07) is 0. The van der Waals surface area contributed by atoms with Crippen molar-refractivity contribution in [2.45, 2.75) is 49.5 Å². The number of hydrogen-bond donors (Lipinski definition) is 3. The number of hydrogen-bond acceptors (Lipinski definition) is 17. The van der Waals surface area contributed by atoms with Crippen molar-refractivity contribution in [2.75, 3.05) is 24.6 Å². The monoisotopic (exact) mass is 642 g/mol. The first-order chi connectivity index (χ1) is 20.5. The largest absolute Gasteiger partial charge is 0.756 e.